The number of aromatic nitrogens is 2. The van der Waals surface area contributed by atoms with Gasteiger partial charge in [0.2, 0.25) is 5.95 Å². The lowest BCUT2D eigenvalue weighted by atomic mass is 9.99. The zero-order valence-electron chi connectivity index (χ0n) is 18.6. The monoisotopic (exact) mass is 441 g/mol. The predicted molar refractivity (Wildman–Crippen MR) is 132 cm³/mol. The van der Waals surface area contributed by atoms with Gasteiger partial charge in [-0.3, -0.25) is 4.79 Å². The lowest BCUT2D eigenvalue weighted by molar-refractivity contribution is -0.138. The third-order valence-electron chi connectivity index (χ3n) is 5.97. The van der Waals surface area contributed by atoms with Gasteiger partial charge in [0.05, 0.1) is 11.7 Å². The Kier molecular flexibility index (Phi) is 6.24. The van der Waals surface area contributed by atoms with E-state index < -0.39 is 12.0 Å². The van der Waals surface area contributed by atoms with E-state index in [2.05, 4.69) is 52.1 Å². The molecule has 1 heterocycles. The molecule has 0 amide bonds. The molecule has 4 aromatic rings. The highest BCUT2D eigenvalue weighted by Gasteiger charge is 2.18. The smallest absolute Gasteiger partial charge is 0.320 e. The van der Waals surface area contributed by atoms with Crippen LogP contribution in [0, 0.1) is 0 Å². The summed E-state index contributed by atoms with van der Waals surface area (Å²) < 4.78 is 0. The van der Waals surface area contributed by atoms with E-state index >= 15 is 0 Å². The topological polar surface area (TPSA) is 118 Å². The number of carbonyl (C=O) groups is 1. The van der Waals surface area contributed by atoms with Gasteiger partial charge >= 0.3 is 5.97 Å². The summed E-state index contributed by atoms with van der Waals surface area (Å²) in [7, 11) is 1.99. The Morgan fingerprint density at radius 3 is 2.45 bits per heavy atom. The Labute approximate surface area is 192 Å². The number of anilines is 2. The first-order valence-electron chi connectivity index (χ1n) is 10.8. The molecule has 1 aromatic heterocycles. The van der Waals surface area contributed by atoms with E-state index in [1.807, 2.05) is 49.5 Å². The zero-order chi connectivity index (χ0) is 23.5. The second-order valence-corrected chi connectivity index (χ2v) is 8.17. The highest BCUT2D eigenvalue weighted by atomic mass is 16.4. The fourth-order valence-electron chi connectivity index (χ4n) is 3.96. The number of carboxylic acids is 1. The highest BCUT2D eigenvalue weighted by molar-refractivity contribution is 5.86. The predicted octanol–water partition coefficient (Wildman–Crippen LogP) is 4.03. The van der Waals surface area contributed by atoms with Crippen LogP contribution in [0.1, 0.15) is 24.1 Å². The molecule has 4 rings (SSSR count). The van der Waals surface area contributed by atoms with E-state index in [9.17, 15) is 4.79 Å². The number of aliphatic carboxylic acids is 1. The van der Waals surface area contributed by atoms with E-state index in [-0.39, 0.29) is 18.4 Å². The Balaban J connectivity index is 1.62. The largest absolute Gasteiger partial charge is 0.480 e. The van der Waals surface area contributed by atoms with Crippen molar-refractivity contribution in [3.05, 3.63) is 83.9 Å². The van der Waals surface area contributed by atoms with Gasteiger partial charge in [0.1, 0.15) is 11.9 Å². The molecule has 0 aliphatic heterocycles. The Bertz CT molecular complexity index is 1280. The van der Waals surface area contributed by atoms with Crippen LogP contribution in [0.2, 0.25) is 0 Å². The van der Waals surface area contributed by atoms with Crippen molar-refractivity contribution in [1.29, 1.82) is 0 Å². The molecule has 0 unspecified atom stereocenters. The van der Waals surface area contributed by atoms with Crippen LogP contribution < -0.4 is 16.4 Å². The van der Waals surface area contributed by atoms with Gasteiger partial charge in [-0.1, -0.05) is 66.7 Å². The van der Waals surface area contributed by atoms with Crippen LogP contribution in [0.15, 0.2) is 72.8 Å². The molecule has 0 radical (unpaired) electrons. The third kappa shape index (κ3) is 4.78. The lowest BCUT2D eigenvalue weighted by Crippen LogP contribution is -2.32. The van der Waals surface area contributed by atoms with Crippen molar-refractivity contribution in [2.24, 2.45) is 5.73 Å². The van der Waals surface area contributed by atoms with E-state index in [4.69, 9.17) is 16.6 Å². The van der Waals surface area contributed by atoms with Crippen LogP contribution in [0.25, 0.3) is 22.0 Å². The van der Waals surface area contributed by atoms with Crippen molar-refractivity contribution in [3.63, 3.8) is 0 Å². The number of carboxylic acid groups (broad SMARTS) is 1. The van der Waals surface area contributed by atoms with Gasteiger partial charge in [0, 0.05) is 18.7 Å². The molecule has 7 heteroatoms. The molecule has 0 aliphatic carbocycles. The summed E-state index contributed by atoms with van der Waals surface area (Å²) >= 11 is 0. The number of fused-ring (bicyclic) bond motifs is 1. The van der Waals surface area contributed by atoms with Crippen molar-refractivity contribution >= 4 is 28.5 Å². The first-order valence-corrected chi connectivity index (χ1v) is 10.8. The van der Waals surface area contributed by atoms with Gasteiger partial charge in [0.25, 0.3) is 0 Å². The fraction of sp³-hybridized carbons (Fsp3) is 0.192. The van der Waals surface area contributed by atoms with Crippen LogP contribution in [0.5, 0.6) is 0 Å². The summed E-state index contributed by atoms with van der Waals surface area (Å²) in [6.07, 6.45) is 0.262. The van der Waals surface area contributed by atoms with Crippen LogP contribution in [-0.4, -0.2) is 34.1 Å². The number of nitrogens with zero attached hydrogens (tertiary/aromatic N) is 3. The van der Waals surface area contributed by atoms with Gasteiger partial charge in [-0.25, -0.2) is 4.98 Å². The number of hydrogen-bond acceptors (Lipinski definition) is 6. The van der Waals surface area contributed by atoms with Crippen LogP contribution in [0.3, 0.4) is 0 Å². The molecule has 7 nitrogen and oxygen atoms in total. The maximum absolute atomic E-state index is 11.0. The molecule has 5 N–H and O–H groups in total. The summed E-state index contributed by atoms with van der Waals surface area (Å²) in [5, 5.41) is 11.4. The van der Waals surface area contributed by atoms with Crippen LogP contribution in [0.4, 0.5) is 11.8 Å². The minimum Gasteiger partial charge on any atom is -0.480 e. The quantitative estimate of drug-likeness (QED) is 0.396. The summed E-state index contributed by atoms with van der Waals surface area (Å²) in [6, 6.07) is 23.2. The maximum atomic E-state index is 11.0. The number of nitrogens with two attached hydrogens (primary N) is 2. The van der Waals surface area contributed by atoms with Crippen molar-refractivity contribution in [2.45, 2.75) is 25.4 Å². The van der Waals surface area contributed by atoms with Gasteiger partial charge in [-0.15, -0.1) is 0 Å². The number of rotatable bonds is 7. The highest BCUT2D eigenvalue weighted by Crippen LogP contribution is 2.31. The molecule has 0 spiro atoms. The van der Waals surface area contributed by atoms with E-state index in [1.54, 1.807) is 0 Å². The van der Waals surface area contributed by atoms with Gasteiger partial charge in [-0.2, -0.15) is 4.98 Å². The molecular formula is C26H27N5O2. The number of nitrogen functional groups attached to an aromatic ring is 1. The van der Waals surface area contributed by atoms with Crippen molar-refractivity contribution in [2.75, 3.05) is 17.7 Å². The molecular weight excluding hydrogens is 414 g/mol. The van der Waals surface area contributed by atoms with Crippen molar-refractivity contribution < 1.29 is 9.90 Å². The van der Waals surface area contributed by atoms with E-state index in [1.165, 1.54) is 16.3 Å². The normalized spacial score (nSPS) is 12.9. The van der Waals surface area contributed by atoms with Crippen molar-refractivity contribution in [3.8, 4) is 11.3 Å². The Hall–Kier alpha value is -3.97. The van der Waals surface area contributed by atoms with Gasteiger partial charge in [-0.05, 0) is 35.2 Å². The third-order valence-corrected chi connectivity index (χ3v) is 5.97. The van der Waals surface area contributed by atoms with Gasteiger partial charge < -0.3 is 21.5 Å². The molecule has 33 heavy (non-hydrogen) atoms. The zero-order valence-corrected chi connectivity index (χ0v) is 18.6. The maximum Gasteiger partial charge on any atom is 0.320 e. The second-order valence-electron chi connectivity index (χ2n) is 8.17. The second kappa shape index (κ2) is 9.26. The average Bonchev–Trinajstić information content (AvgIpc) is 2.82. The standard InChI is InChI=1S/C26H27N5O2/c1-16(20-9-5-7-18-6-3-4-8-21(18)20)31(2)24-15-23(29-26(28)30-24)19-12-10-17(11-13-19)14-22(27)25(32)33/h3-13,15-16,22H,14,27H2,1-2H3,(H,32,33)(H2,28,29,30)/t16-,22+/m1/s1. The molecule has 2 atom stereocenters. The fourth-order valence-corrected chi connectivity index (χ4v) is 3.96. The number of benzene rings is 3. The minimum atomic E-state index is -1.02. The SMILES string of the molecule is C[C@H](c1cccc2ccccc12)N(C)c1cc(-c2ccc(C[C@H](N)C(=O)O)cc2)nc(N)n1. The van der Waals surface area contributed by atoms with Crippen LogP contribution >= 0.6 is 0 Å². The first-order chi connectivity index (χ1) is 15.8. The molecule has 0 saturated carbocycles. The summed E-state index contributed by atoms with van der Waals surface area (Å²) in [5.41, 5.74) is 15.3. The molecule has 0 bridgehead atoms. The molecule has 168 valence electrons. The van der Waals surface area contributed by atoms with Crippen LogP contribution in [-0.2, 0) is 11.2 Å². The van der Waals surface area contributed by atoms with E-state index in [0.29, 0.717) is 5.69 Å². The minimum absolute atomic E-state index is 0.0538. The summed E-state index contributed by atoms with van der Waals surface area (Å²) in [5.74, 6) is -0.109. The Morgan fingerprint density at radius 1 is 1.03 bits per heavy atom. The Morgan fingerprint density at radius 2 is 1.73 bits per heavy atom. The lowest BCUT2D eigenvalue weighted by Gasteiger charge is -2.27. The summed E-state index contributed by atoms with van der Waals surface area (Å²) in [4.78, 5) is 22.0. The van der Waals surface area contributed by atoms with E-state index in [0.717, 1.165) is 16.9 Å². The van der Waals surface area contributed by atoms with Gasteiger partial charge in [0.15, 0.2) is 0 Å². The molecule has 0 saturated heterocycles. The molecule has 0 aliphatic rings. The average molecular weight is 442 g/mol. The first kappa shape index (κ1) is 22.2. The molecule has 0 fully saturated rings. The van der Waals surface area contributed by atoms with Crippen molar-refractivity contribution in [1.82, 2.24) is 9.97 Å². The molecule has 3 aromatic carbocycles. The number of hydrogen-bond donors (Lipinski definition) is 3. The summed E-state index contributed by atoms with van der Waals surface area (Å²) in [6.45, 7) is 2.14.